The third kappa shape index (κ3) is 10.1. The Morgan fingerprint density at radius 2 is 1.94 bits per heavy atom. The van der Waals surface area contributed by atoms with Crippen molar-refractivity contribution >= 4 is 6.29 Å². The van der Waals surface area contributed by atoms with Crippen molar-refractivity contribution in [1.82, 2.24) is 10.6 Å². The quantitative estimate of drug-likeness (QED) is 0.340. The minimum absolute atomic E-state index is 0.000440. The minimum atomic E-state index is -0.000440. The van der Waals surface area contributed by atoms with Gasteiger partial charge in [-0.25, -0.2) is 0 Å². The van der Waals surface area contributed by atoms with Crippen molar-refractivity contribution < 1.29 is 4.79 Å². The van der Waals surface area contributed by atoms with E-state index in [1.54, 1.807) is 0 Å². The Bertz CT molecular complexity index is 153. The average Bonchev–Trinajstić information content (AvgIpc) is 2.31. The van der Waals surface area contributed by atoms with Gasteiger partial charge >= 0.3 is 0 Å². The van der Waals surface area contributed by atoms with E-state index in [2.05, 4.69) is 17.6 Å². The van der Waals surface area contributed by atoms with Crippen LogP contribution in [0, 0.1) is 0 Å². The molecule has 0 aromatic carbocycles. The molecule has 0 aliphatic carbocycles. The van der Waals surface area contributed by atoms with Crippen molar-refractivity contribution in [2.75, 3.05) is 26.2 Å². The van der Waals surface area contributed by atoms with Crippen LogP contribution in [0.1, 0.15) is 39.0 Å². The van der Waals surface area contributed by atoms with Gasteiger partial charge in [0.1, 0.15) is 6.29 Å². The van der Waals surface area contributed by atoms with Crippen LogP contribution in [0.2, 0.25) is 0 Å². The maximum atomic E-state index is 10.8. The smallest absolute Gasteiger partial charge is 0.136 e. The van der Waals surface area contributed by atoms with Crippen molar-refractivity contribution in [3.63, 3.8) is 0 Å². The van der Waals surface area contributed by atoms with Gasteiger partial charge in [0.05, 0.1) is 6.04 Å². The number of nitrogens with one attached hydrogen (secondary N) is 2. The lowest BCUT2D eigenvalue weighted by Gasteiger charge is -2.12. The molecule has 0 bridgehead atoms. The second-order valence-corrected chi connectivity index (χ2v) is 4.08. The zero-order valence-corrected chi connectivity index (χ0v) is 10.5. The summed E-state index contributed by atoms with van der Waals surface area (Å²) in [7, 11) is 0. The summed E-state index contributed by atoms with van der Waals surface area (Å²) >= 11 is 0. The molecule has 0 aliphatic rings. The predicted octanol–water partition coefficient (Wildman–Crippen LogP) is 0.662. The lowest BCUT2D eigenvalue weighted by molar-refractivity contribution is -0.109. The molecule has 1 unspecified atom stereocenters. The van der Waals surface area contributed by atoms with Gasteiger partial charge in [0.2, 0.25) is 0 Å². The van der Waals surface area contributed by atoms with Crippen LogP contribution in [0.25, 0.3) is 0 Å². The van der Waals surface area contributed by atoms with E-state index in [9.17, 15) is 4.79 Å². The molecule has 0 saturated carbocycles. The van der Waals surface area contributed by atoms with Crippen molar-refractivity contribution in [2.24, 2.45) is 5.73 Å². The van der Waals surface area contributed by atoms with E-state index in [4.69, 9.17) is 5.73 Å². The van der Waals surface area contributed by atoms with Gasteiger partial charge < -0.3 is 21.2 Å². The Labute approximate surface area is 99.4 Å². The monoisotopic (exact) mass is 229 g/mol. The Morgan fingerprint density at radius 1 is 1.19 bits per heavy atom. The third-order valence-electron chi connectivity index (χ3n) is 2.53. The molecule has 0 fully saturated rings. The molecule has 0 heterocycles. The largest absolute Gasteiger partial charge is 0.330 e. The van der Waals surface area contributed by atoms with Crippen LogP contribution in [-0.4, -0.2) is 38.5 Å². The van der Waals surface area contributed by atoms with E-state index >= 15 is 0 Å². The SMILES string of the molecule is CCCCNCCCC(C=O)NCCCN. The fraction of sp³-hybridized carbons (Fsp3) is 0.917. The summed E-state index contributed by atoms with van der Waals surface area (Å²) in [5.74, 6) is 0. The highest BCUT2D eigenvalue weighted by atomic mass is 16.1. The average molecular weight is 229 g/mol. The van der Waals surface area contributed by atoms with Crippen molar-refractivity contribution in [3.8, 4) is 0 Å². The van der Waals surface area contributed by atoms with Crippen molar-refractivity contribution in [1.29, 1.82) is 0 Å². The molecule has 0 aromatic rings. The maximum absolute atomic E-state index is 10.8. The Hall–Kier alpha value is -0.450. The molecule has 0 amide bonds. The number of unbranched alkanes of at least 4 members (excludes halogenated alkanes) is 1. The first-order valence-electron chi connectivity index (χ1n) is 6.44. The summed E-state index contributed by atoms with van der Waals surface area (Å²) < 4.78 is 0. The van der Waals surface area contributed by atoms with Gasteiger partial charge in [0, 0.05) is 0 Å². The number of hydrogen-bond acceptors (Lipinski definition) is 4. The summed E-state index contributed by atoms with van der Waals surface area (Å²) in [6, 6.07) is -0.000440. The van der Waals surface area contributed by atoms with Crippen LogP contribution in [0.15, 0.2) is 0 Å². The van der Waals surface area contributed by atoms with E-state index in [-0.39, 0.29) is 6.04 Å². The van der Waals surface area contributed by atoms with E-state index in [1.807, 2.05) is 0 Å². The normalized spacial score (nSPS) is 12.6. The molecule has 0 aromatic heterocycles. The number of aldehydes is 1. The molecule has 0 rings (SSSR count). The summed E-state index contributed by atoms with van der Waals surface area (Å²) in [6.07, 6.45) is 6.34. The molecule has 0 saturated heterocycles. The topological polar surface area (TPSA) is 67.2 Å². The molecule has 0 aliphatic heterocycles. The first-order chi connectivity index (χ1) is 7.85. The highest BCUT2D eigenvalue weighted by Crippen LogP contribution is 1.94. The zero-order chi connectivity index (χ0) is 12.1. The minimum Gasteiger partial charge on any atom is -0.330 e. The van der Waals surface area contributed by atoms with Gasteiger partial charge in [-0.2, -0.15) is 0 Å². The molecule has 96 valence electrons. The Balaban J connectivity index is 3.30. The van der Waals surface area contributed by atoms with Crippen molar-refractivity contribution in [2.45, 2.75) is 45.1 Å². The van der Waals surface area contributed by atoms with Crippen molar-refractivity contribution in [3.05, 3.63) is 0 Å². The first kappa shape index (κ1) is 15.6. The van der Waals surface area contributed by atoms with Crippen LogP contribution >= 0.6 is 0 Å². The molecule has 1 atom stereocenters. The Morgan fingerprint density at radius 3 is 2.56 bits per heavy atom. The summed E-state index contributed by atoms with van der Waals surface area (Å²) in [6.45, 7) is 5.79. The summed E-state index contributed by atoms with van der Waals surface area (Å²) in [5.41, 5.74) is 5.39. The van der Waals surface area contributed by atoms with Gasteiger partial charge in [0.15, 0.2) is 0 Å². The maximum Gasteiger partial charge on any atom is 0.136 e. The van der Waals surface area contributed by atoms with Crippen LogP contribution in [0.3, 0.4) is 0 Å². The second kappa shape index (κ2) is 12.6. The second-order valence-electron chi connectivity index (χ2n) is 4.08. The highest BCUT2D eigenvalue weighted by Gasteiger charge is 2.04. The summed E-state index contributed by atoms with van der Waals surface area (Å²) in [5, 5.41) is 6.57. The molecule has 4 nitrogen and oxygen atoms in total. The third-order valence-corrected chi connectivity index (χ3v) is 2.53. The number of hydrogen-bond donors (Lipinski definition) is 3. The van der Waals surface area contributed by atoms with Gasteiger partial charge in [-0.15, -0.1) is 0 Å². The summed E-state index contributed by atoms with van der Waals surface area (Å²) in [4.78, 5) is 10.8. The van der Waals surface area contributed by atoms with Crippen LogP contribution in [0.5, 0.6) is 0 Å². The standard InChI is InChI=1S/C12H27N3O/c1-2-3-8-14-9-4-6-12(11-16)15-10-5-7-13/h11-12,14-15H,2-10,13H2,1H3. The molecule has 0 radical (unpaired) electrons. The number of rotatable bonds is 12. The number of nitrogens with two attached hydrogens (primary N) is 1. The fourth-order valence-corrected chi connectivity index (χ4v) is 1.48. The van der Waals surface area contributed by atoms with Gasteiger partial charge in [-0.05, 0) is 51.9 Å². The van der Waals surface area contributed by atoms with Crippen LogP contribution in [0.4, 0.5) is 0 Å². The fourth-order valence-electron chi connectivity index (χ4n) is 1.48. The first-order valence-corrected chi connectivity index (χ1v) is 6.44. The molecule has 16 heavy (non-hydrogen) atoms. The van der Waals surface area contributed by atoms with E-state index in [0.29, 0.717) is 6.54 Å². The molecule has 0 spiro atoms. The van der Waals surface area contributed by atoms with Gasteiger partial charge in [-0.1, -0.05) is 13.3 Å². The Kier molecular flexibility index (Phi) is 12.3. The van der Waals surface area contributed by atoms with E-state index in [0.717, 1.165) is 45.2 Å². The molecular weight excluding hydrogens is 202 g/mol. The predicted molar refractivity (Wildman–Crippen MR) is 68.5 cm³/mol. The van der Waals surface area contributed by atoms with Crippen LogP contribution in [-0.2, 0) is 4.79 Å². The molecule has 4 heteroatoms. The number of carbonyl (C=O) groups excluding carboxylic acids is 1. The molecular formula is C12H27N3O. The number of carbonyl (C=O) groups is 1. The van der Waals surface area contributed by atoms with Gasteiger partial charge in [-0.3, -0.25) is 0 Å². The van der Waals surface area contributed by atoms with Gasteiger partial charge in [0.25, 0.3) is 0 Å². The highest BCUT2D eigenvalue weighted by molar-refractivity contribution is 5.57. The zero-order valence-electron chi connectivity index (χ0n) is 10.5. The molecule has 4 N–H and O–H groups in total. The van der Waals surface area contributed by atoms with E-state index in [1.165, 1.54) is 12.8 Å². The lowest BCUT2D eigenvalue weighted by Crippen LogP contribution is -2.33. The van der Waals surface area contributed by atoms with E-state index < -0.39 is 0 Å². The van der Waals surface area contributed by atoms with Crippen LogP contribution < -0.4 is 16.4 Å². The lowest BCUT2D eigenvalue weighted by atomic mass is 10.1.